The van der Waals surface area contributed by atoms with Gasteiger partial charge in [0, 0.05) is 26.2 Å². The highest BCUT2D eigenvalue weighted by Gasteiger charge is 2.43. The van der Waals surface area contributed by atoms with Crippen LogP contribution >= 0.6 is 0 Å². The van der Waals surface area contributed by atoms with Gasteiger partial charge in [0.15, 0.2) is 0 Å². The lowest BCUT2D eigenvalue weighted by molar-refractivity contribution is -0.118. The largest absolute Gasteiger partial charge is 0.390 e. The van der Waals surface area contributed by atoms with Crippen molar-refractivity contribution in [1.82, 2.24) is 10.2 Å². The summed E-state index contributed by atoms with van der Waals surface area (Å²) in [5.74, 6) is -2.77. The average molecular weight is 298 g/mol. The van der Waals surface area contributed by atoms with E-state index in [0.29, 0.717) is 37.7 Å². The molecule has 0 spiro atoms. The number of rotatable bonds is 5. The Balaban J connectivity index is 2.29. The van der Waals surface area contributed by atoms with Gasteiger partial charge in [-0.05, 0) is 17.0 Å². The van der Waals surface area contributed by atoms with Crippen molar-refractivity contribution in [3.8, 4) is 0 Å². The normalized spacial score (nSPS) is 19.0. The number of benzene rings is 1. The Morgan fingerprint density at radius 2 is 1.67 bits per heavy atom. The topological polar surface area (TPSA) is 35.5 Å². The summed E-state index contributed by atoms with van der Waals surface area (Å²) >= 11 is 0. The van der Waals surface area contributed by atoms with E-state index < -0.39 is 18.6 Å². The Morgan fingerprint density at radius 1 is 1.14 bits per heavy atom. The van der Waals surface area contributed by atoms with E-state index in [2.05, 4.69) is 19.2 Å². The Labute approximate surface area is 125 Å². The van der Waals surface area contributed by atoms with E-state index in [-0.39, 0.29) is 0 Å². The van der Waals surface area contributed by atoms with Gasteiger partial charge in [0.25, 0.3) is 5.92 Å². The lowest BCUT2D eigenvalue weighted by Gasteiger charge is -2.38. The fraction of sp³-hybridized carbons (Fsp3) is 0.625. The van der Waals surface area contributed by atoms with Crippen LogP contribution in [0.25, 0.3) is 0 Å². The molecule has 2 rings (SSSR count). The second-order valence-electron chi connectivity index (χ2n) is 5.93. The van der Waals surface area contributed by atoms with Gasteiger partial charge >= 0.3 is 0 Å². The Bertz CT molecular complexity index is 442. The number of hydrogen-bond donors (Lipinski definition) is 2. The first-order chi connectivity index (χ1) is 9.95. The smallest absolute Gasteiger partial charge is 0.289 e. The molecule has 0 saturated carbocycles. The summed E-state index contributed by atoms with van der Waals surface area (Å²) in [6, 6.07) is 6.29. The van der Waals surface area contributed by atoms with E-state index in [1.807, 2.05) is 12.1 Å². The van der Waals surface area contributed by atoms with Crippen LogP contribution in [0.2, 0.25) is 0 Å². The van der Waals surface area contributed by atoms with Crippen LogP contribution in [0.3, 0.4) is 0 Å². The molecule has 5 heteroatoms. The molecule has 1 heterocycles. The molecular formula is C16H24F2N2O. The minimum atomic E-state index is -3.14. The summed E-state index contributed by atoms with van der Waals surface area (Å²) < 4.78 is 28.5. The van der Waals surface area contributed by atoms with Crippen LogP contribution in [-0.2, 0) is 0 Å². The third-order valence-electron chi connectivity index (χ3n) is 4.05. The number of hydrogen-bond acceptors (Lipinski definition) is 3. The maximum absolute atomic E-state index is 14.2. The molecule has 0 amide bonds. The fourth-order valence-electron chi connectivity index (χ4n) is 2.81. The second kappa shape index (κ2) is 6.81. The minimum absolute atomic E-state index is 0.370. The highest BCUT2D eigenvalue weighted by atomic mass is 19.3. The zero-order chi connectivity index (χ0) is 15.5. The van der Waals surface area contributed by atoms with Gasteiger partial charge in [-0.15, -0.1) is 0 Å². The zero-order valence-corrected chi connectivity index (χ0v) is 12.6. The number of halogens is 2. The summed E-state index contributed by atoms with van der Waals surface area (Å²) in [5.41, 5.74) is 1.70. The lowest BCUT2D eigenvalue weighted by Crippen LogP contribution is -2.51. The first-order valence-corrected chi connectivity index (χ1v) is 7.49. The first kappa shape index (κ1) is 16.3. The van der Waals surface area contributed by atoms with E-state index in [1.165, 1.54) is 0 Å². The Hall–Kier alpha value is -1.04. The highest BCUT2D eigenvalue weighted by molar-refractivity contribution is 5.28. The van der Waals surface area contributed by atoms with Crippen LogP contribution < -0.4 is 5.32 Å². The second-order valence-corrected chi connectivity index (χ2v) is 5.93. The number of nitrogens with zero attached hydrogens (tertiary/aromatic N) is 1. The van der Waals surface area contributed by atoms with Gasteiger partial charge < -0.3 is 10.4 Å². The van der Waals surface area contributed by atoms with Crippen LogP contribution in [0.4, 0.5) is 8.78 Å². The molecular weight excluding hydrogens is 274 g/mol. The quantitative estimate of drug-likeness (QED) is 0.876. The predicted octanol–water partition coefficient (Wildman–Crippen LogP) is 2.38. The van der Waals surface area contributed by atoms with Crippen molar-refractivity contribution in [3.05, 3.63) is 35.4 Å². The van der Waals surface area contributed by atoms with Gasteiger partial charge in [0.1, 0.15) is 12.6 Å². The number of aliphatic hydroxyl groups is 1. The molecule has 1 aromatic carbocycles. The molecule has 3 nitrogen and oxygen atoms in total. The predicted molar refractivity (Wildman–Crippen MR) is 79.7 cm³/mol. The van der Waals surface area contributed by atoms with Gasteiger partial charge in [-0.25, -0.2) is 8.78 Å². The van der Waals surface area contributed by atoms with Crippen LogP contribution in [0.1, 0.15) is 36.9 Å². The van der Waals surface area contributed by atoms with Crippen molar-refractivity contribution >= 4 is 0 Å². The van der Waals surface area contributed by atoms with E-state index >= 15 is 0 Å². The molecule has 0 unspecified atom stereocenters. The Morgan fingerprint density at radius 3 is 2.14 bits per heavy atom. The van der Waals surface area contributed by atoms with Crippen molar-refractivity contribution in [2.75, 3.05) is 32.8 Å². The van der Waals surface area contributed by atoms with Gasteiger partial charge in [-0.3, -0.25) is 4.90 Å². The van der Waals surface area contributed by atoms with Gasteiger partial charge in [-0.1, -0.05) is 38.1 Å². The molecule has 1 aromatic rings. The average Bonchev–Trinajstić information content (AvgIpc) is 2.49. The molecule has 1 aliphatic rings. The first-order valence-electron chi connectivity index (χ1n) is 7.49. The third-order valence-corrected chi connectivity index (χ3v) is 4.05. The molecule has 0 aromatic heterocycles. The van der Waals surface area contributed by atoms with Crippen molar-refractivity contribution in [3.63, 3.8) is 0 Å². The highest BCUT2D eigenvalue weighted by Crippen LogP contribution is 2.36. The standard InChI is InChI=1S/C16H24F2N2O/c1-12(2)13-3-5-14(6-4-13)15(16(17,18)11-21)20-9-7-19-8-10-20/h3-6,12,15,19,21H,7-11H2,1-2H3/t15-/m0/s1. The van der Waals surface area contributed by atoms with Gasteiger partial charge in [0.05, 0.1) is 0 Å². The van der Waals surface area contributed by atoms with Crippen molar-refractivity contribution in [2.45, 2.75) is 31.7 Å². The van der Waals surface area contributed by atoms with Gasteiger partial charge in [0.2, 0.25) is 0 Å². The van der Waals surface area contributed by atoms with Crippen molar-refractivity contribution < 1.29 is 13.9 Å². The molecule has 1 aliphatic heterocycles. The molecule has 1 saturated heterocycles. The molecule has 1 atom stereocenters. The monoisotopic (exact) mass is 298 g/mol. The number of nitrogens with one attached hydrogen (secondary N) is 1. The fourth-order valence-corrected chi connectivity index (χ4v) is 2.81. The van der Waals surface area contributed by atoms with E-state index in [1.54, 1.807) is 17.0 Å². The summed E-state index contributed by atoms with van der Waals surface area (Å²) in [6.45, 7) is 5.53. The summed E-state index contributed by atoms with van der Waals surface area (Å²) in [6.07, 6.45) is 0. The number of aliphatic hydroxyl groups excluding tert-OH is 1. The molecule has 0 bridgehead atoms. The molecule has 118 valence electrons. The maximum Gasteiger partial charge on any atom is 0.289 e. The number of piperazine rings is 1. The molecule has 21 heavy (non-hydrogen) atoms. The lowest BCUT2D eigenvalue weighted by atomic mass is 9.95. The van der Waals surface area contributed by atoms with E-state index in [9.17, 15) is 8.78 Å². The Kier molecular flexibility index (Phi) is 5.30. The van der Waals surface area contributed by atoms with Crippen molar-refractivity contribution in [1.29, 1.82) is 0 Å². The molecule has 2 N–H and O–H groups in total. The van der Waals surface area contributed by atoms with Crippen molar-refractivity contribution in [2.24, 2.45) is 0 Å². The molecule has 0 radical (unpaired) electrons. The third kappa shape index (κ3) is 3.78. The molecule has 1 fully saturated rings. The van der Waals surface area contributed by atoms with Gasteiger partial charge in [-0.2, -0.15) is 0 Å². The van der Waals surface area contributed by atoms with Crippen LogP contribution in [0, 0.1) is 0 Å². The molecule has 0 aliphatic carbocycles. The van der Waals surface area contributed by atoms with Crippen LogP contribution in [0.5, 0.6) is 0 Å². The van der Waals surface area contributed by atoms with Crippen LogP contribution in [-0.4, -0.2) is 48.7 Å². The van der Waals surface area contributed by atoms with Crippen LogP contribution in [0.15, 0.2) is 24.3 Å². The van der Waals surface area contributed by atoms with E-state index in [0.717, 1.165) is 5.56 Å². The zero-order valence-electron chi connectivity index (χ0n) is 12.6. The number of alkyl halides is 2. The summed E-state index contributed by atoms with van der Waals surface area (Å²) in [7, 11) is 0. The minimum Gasteiger partial charge on any atom is -0.390 e. The summed E-state index contributed by atoms with van der Waals surface area (Å²) in [4.78, 5) is 1.76. The van der Waals surface area contributed by atoms with E-state index in [4.69, 9.17) is 5.11 Å². The SMILES string of the molecule is CC(C)c1ccc([C@H](N2CCNCC2)C(F)(F)CO)cc1. The summed E-state index contributed by atoms with van der Waals surface area (Å²) in [5, 5.41) is 12.3. The maximum atomic E-state index is 14.2.